The van der Waals surface area contributed by atoms with Gasteiger partial charge in [0.1, 0.15) is 6.54 Å². The van der Waals surface area contributed by atoms with Gasteiger partial charge in [0, 0.05) is 26.1 Å². The fourth-order valence-electron chi connectivity index (χ4n) is 2.19. The van der Waals surface area contributed by atoms with Crippen LogP contribution in [0.15, 0.2) is 0 Å². The maximum absolute atomic E-state index is 11.8. The molecule has 1 heterocycles. The number of carbonyl (C=O) groups is 3. The first kappa shape index (κ1) is 16.3. The number of nitrogens with zero attached hydrogens (tertiary/aromatic N) is 1. The Bertz CT molecular complexity index is 360. The Morgan fingerprint density at radius 3 is 2.80 bits per heavy atom. The first-order chi connectivity index (χ1) is 9.52. The Kier molecular flexibility index (Phi) is 6.83. The van der Waals surface area contributed by atoms with Gasteiger partial charge in [-0.05, 0) is 18.8 Å². The van der Waals surface area contributed by atoms with Crippen LogP contribution in [0, 0.1) is 5.92 Å². The smallest absolute Gasteiger partial charge is 0.317 e. The molecule has 7 nitrogen and oxygen atoms in total. The lowest BCUT2D eigenvalue weighted by Crippen LogP contribution is -2.53. The number of nitrogens with one attached hydrogen (secondary N) is 2. The van der Waals surface area contributed by atoms with Gasteiger partial charge in [0.15, 0.2) is 0 Å². The van der Waals surface area contributed by atoms with Crippen molar-refractivity contribution in [3.8, 4) is 0 Å². The lowest BCUT2D eigenvalue weighted by Gasteiger charge is -2.27. The highest BCUT2D eigenvalue weighted by Gasteiger charge is 2.20. The van der Waals surface area contributed by atoms with Gasteiger partial charge in [-0.3, -0.25) is 9.59 Å². The summed E-state index contributed by atoms with van der Waals surface area (Å²) in [6, 6.07) is -0.229. The molecule has 3 N–H and O–H groups in total. The largest absolute Gasteiger partial charge is 0.481 e. The molecule has 0 saturated carbocycles. The van der Waals surface area contributed by atoms with E-state index in [4.69, 9.17) is 5.11 Å². The minimum atomic E-state index is -0.785. The number of hydrogen-bond donors (Lipinski definition) is 3. The van der Waals surface area contributed by atoms with Crippen LogP contribution in [0.25, 0.3) is 0 Å². The summed E-state index contributed by atoms with van der Waals surface area (Å²) in [5.41, 5.74) is 0. The van der Waals surface area contributed by atoms with Gasteiger partial charge in [0.25, 0.3) is 0 Å². The predicted molar refractivity (Wildman–Crippen MR) is 73.2 cm³/mol. The van der Waals surface area contributed by atoms with Crippen molar-refractivity contribution >= 4 is 17.9 Å². The second kappa shape index (κ2) is 8.39. The van der Waals surface area contributed by atoms with Crippen molar-refractivity contribution in [2.24, 2.45) is 5.92 Å². The van der Waals surface area contributed by atoms with E-state index in [-0.39, 0.29) is 24.9 Å². The molecule has 3 amide bonds. The van der Waals surface area contributed by atoms with E-state index >= 15 is 0 Å². The molecule has 0 bridgehead atoms. The molecule has 0 aromatic heterocycles. The summed E-state index contributed by atoms with van der Waals surface area (Å²) in [5.74, 6) is -0.623. The molecule has 0 aliphatic carbocycles. The summed E-state index contributed by atoms with van der Waals surface area (Å²) in [5, 5.41) is 14.1. The average molecular weight is 285 g/mol. The third-order valence-electron chi connectivity index (χ3n) is 3.50. The van der Waals surface area contributed by atoms with Crippen LogP contribution in [0.4, 0.5) is 4.79 Å². The lowest BCUT2D eigenvalue weighted by atomic mass is 9.97. The summed E-state index contributed by atoms with van der Waals surface area (Å²) in [6.45, 7) is 3.64. The Morgan fingerprint density at radius 1 is 1.45 bits per heavy atom. The first-order valence-electron chi connectivity index (χ1n) is 7.04. The third-order valence-corrected chi connectivity index (χ3v) is 3.50. The number of carbonyl (C=O) groups excluding carboxylic acids is 2. The number of carboxylic acids is 1. The van der Waals surface area contributed by atoms with E-state index in [0.29, 0.717) is 32.0 Å². The van der Waals surface area contributed by atoms with Crippen molar-refractivity contribution in [1.82, 2.24) is 15.5 Å². The van der Waals surface area contributed by atoms with Crippen molar-refractivity contribution < 1.29 is 19.5 Å². The predicted octanol–water partition coefficient (Wildman–Crippen LogP) is 0.409. The van der Waals surface area contributed by atoms with Gasteiger partial charge >= 0.3 is 12.0 Å². The number of rotatable bonds is 7. The van der Waals surface area contributed by atoms with E-state index in [1.165, 1.54) is 4.90 Å². The SMILES string of the molecule is CCC(CCNC(=O)N1CCNC(=O)C1)CCC(=O)O. The monoisotopic (exact) mass is 285 g/mol. The molecular formula is C13H23N3O4. The zero-order chi connectivity index (χ0) is 15.0. The maximum Gasteiger partial charge on any atom is 0.317 e. The molecular weight excluding hydrogens is 262 g/mol. The van der Waals surface area contributed by atoms with Crippen molar-refractivity contribution in [3.05, 3.63) is 0 Å². The first-order valence-corrected chi connectivity index (χ1v) is 7.04. The van der Waals surface area contributed by atoms with Crippen molar-refractivity contribution in [2.45, 2.75) is 32.6 Å². The van der Waals surface area contributed by atoms with Gasteiger partial charge in [-0.1, -0.05) is 13.3 Å². The molecule has 0 aromatic rings. The van der Waals surface area contributed by atoms with E-state index < -0.39 is 5.97 Å². The van der Waals surface area contributed by atoms with Crippen molar-refractivity contribution in [3.63, 3.8) is 0 Å². The minimum Gasteiger partial charge on any atom is -0.481 e. The molecule has 1 atom stereocenters. The fraction of sp³-hybridized carbons (Fsp3) is 0.769. The Hall–Kier alpha value is -1.79. The van der Waals surface area contributed by atoms with Crippen LogP contribution >= 0.6 is 0 Å². The summed E-state index contributed by atoms with van der Waals surface area (Å²) in [4.78, 5) is 35.0. The number of hydrogen-bond acceptors (Lipinski definition) is 3. The molecule has 1 fully saturated rings. The number of amides is 3. The molecule has 0 spiro atoms. The Balaban J connectivity index is 2.22. The van der Waals surface area contributed by atoms with Crippen LogP contribution in [0.1, 0.15) is 32.6 Å². The highest BCUT2D eigenvalue weighted by Crippen LogP contribution is 2.14. The molecule has 1 aliphatic heterocycles. The minimum absolute atomic E-state index is 0.0993. The molecule has 0 radical (unpaired) electrons. The topological polar surface area (TPSA) is 98.7 Å². The van der Waals surface area contributed by atoms with E-state index in [9.17, 15) is 14.4 Å². The number of piperazine rings is 1. The highest BCUT2D eigenvalue weighted by molar-refractivity contribution is 5.85. The number of carboxylic acid groups (broad SMARTS) is 1. The van der Waals surface area contributed by atoms with E-state index in [1.54, 1.807) is 0 Å². The van der Waals surface area contributed by atoms with Gasteiger partial charge in [0.05, 0.1) is 0 Å². The average Bonchev–Trinajstić information content (AvgIpc) is 2.42. The molecule has 114 valence electrons. The van der Waals surface area contributed by atoms with E-state index in [1.807, 2.05) is 6.92 Å². The van der Waals surface area contributed by atoms with Gasteiger partial charge in [-0.2, -0.15) is 0 Å². The molecule has 1 unspecified atom stereocenters. The standard InChI is InChI=1S/C13H23N3O4/c1-2-10(3-4-12(18)19)5-6-15-13(20)16-8-7-14-11(17)9-16/h10H,2-9H2,1H3,(H,14,17)(H,15,20)(H,18,19). The normalized spacial score (nSPS) is 16.4. The Morgan fingerprint density at radius 2 is 2.20 bits per heavy atom. The van der Waals surface area contributed by atoms with Gasteiger partial charge < -0.3 is 20.6 Å². The Labute approximate surface area is 118 Å². The van der Waals surface area contributed by atoms with Crippen LogP contribution in [-0.2, 0) is 9.59 Å². The summed E-state index contributed by atoms with van der Waals surface area (Å²) >= 11 is 0. The van der Waals surface area contributed by atoms with Crippen LogP contribution in [0.5, 0.6) is 0 Å². The van der Waals surface area contributed by atoms with E-state index in [0.717, 1.165) is 12.8 Å². The molecule has 1 aliphatic rings. The second-order valence-corrected chi connectivity index (χ2v) is 5.00. The summed E-state index contributed by atoms with van der Waals surface area (Å²) in [6.07, 6.45) is 2.46. The molecule has 20 heavy (non-hydrogen) atoms. The van der Waals surface area contributed by atoms with Crippen molar-refractivity contribution in [1.29, 1.82) is 0 Å². The molecule has 1 saturated heterocycles. The zero-order valence-electron chi connectivity index (χ0n) is 11.9. The van der Waals surface area contributed by atoms with Gasteiger partial charge in [-0.25, -0.2) is 4.79 Å². The van der Waals surface area contributed by atoms with Crippen LogP contribution in [-0.4, -0.2) is 54.1 Å². The third kappa shape index (κ3) is 5.90. The van der Waals surface area contributed by atoms with Crippen LogP contribution in [0.3, 0.4) is 0 Å². The van der Waals surface area contributed by atoms with Crippen molar-refractivity contribution in [2.75, 3.05) is 26.2 Å². The fourth-order valence-corrected chi connectivity index (χ4v) is 2.19. The quantitative estimate of drug-likeness (QED) is 0.631. The van der Waals surface area contributed by atoms with Gasteiger partial charge in [0.2, 0.25) is 5.91 Å². The molecule has 0 aromatic carbocycles. The molecule has 7 heteroatoms. The molecule has 1 rings (SSSR count). The number of urea groups is 1. The van der Waals surface area contributed by atoms with Gasteiger partial charge in [-0.15, -0.1) is 0 Å². The highest BCUT2D eigenvalue weighted by atomic mass is 16.4. The second-order valence-electron chi connectivity index (χ2n) is 5.00. The summed E-state index contributed by atoms with van der Waals surface area (Å²) in [7, 11) is 0. The van der Waals surface area contributed by atoms with E-state index in [2.05, 4.69) is 10.6 Å². The lowest BCUT2D eigenvalue weighted by molar-refractivity contribution is -0.137. The zero-order valence-corrected chi connectivity index (χ0v) is 11.9. The maximum atomic E-state index is 11.8. The number of aliphatic carboxylic acids is 1. The summed E-state index contributed by atoms with van der Waals surface area (Å²) < 4.78 is 0. The van der Waals surface area contributed by atoms with Crippen LogP contribution < -0.4 is 10.6 Å². The van der Waals surface area contributed by atoms with Crippen LogP contribution in [0.2, 0.25) is 0 Å².